The van der Waals surface area contributed by atoms with Crippen LogP contribution < -0.4 is 0 Å². The number of carbonyl (C=O) groups excluding carboxylic acids is 3. The molecule has 2 aromatic carbocycles. The lowest BCUT2D eigenvalue weighted by Crippen LogP contribution is -2.49. The summed E-state index contributed by atoms with van der Waals surface area (Å²) in [6.07, 6.45) is 1.83. The maximum atomic E-state index is 11.6. The second kappa shape index (κ2) is 10.8. The number of benzene rings is 2. The highest BCUT2D eigenvalue weighted by atomic mass is 28.4. The molecule has 31 heavy (non-hydrogen) atoms. The van der Waals surface area contributed by atoms with E-state index in [2.05, 4.69) is 19.1 Å². The van der Waals surface area contributed by atoms with Gasteiger partial charge in [0.25, 0.3) is 17.9 Å². The summed E-state index contributed by atoms with van der Waals surface area (Å²) in [5.74, 6) is -1.94. The minimum absolute atomic E-state index is 0.0790. The number of hydrogen-bond donors (Lipinski definition) is 1. The highest BCUT2D eigenvalue weighted by molar-refractivity contribution is 6.65. The summed E-state index contributed by atoms with van der Waals surface area (Å²) < 4.78 is 15.7. The third-order valence-corrected chi connectivity index (χ3v) is 7.35. The van der Waals surface area contributed by atoms with Gasteiger partial charge in [0.1, 0.15) is 5.75 Å². The Morgan fingerprint density at radius 2 is 1.42 bits per heavy atom. The van der Waals surface area contributed by atoms with Crippen molar-refractivity contribution < 1.29 is 32.8 Å². The van der Waals surface area contributed by atoms with E-state index in [0.717, 1.165) is 23.1 Å². The largest absolute Gasteiger partial charge is 0.705 e. The molecule has 0 saturated carbocycles. The van der Waals surface area contributed by atoms with Crippen LogP contribution in [0.5, 0.6) is 5.75 Å². The molecule has 0 aliphatic rings. The van der Waals surface area contributed by atoms with E-state index in [1.807, 2.05) is 18.2 Å². The quantitative estimate of drug-likeness (QED) is 0.579. The van der Waals surface area contributed by atoms with Crippen molar-refractivity contribution in [2.75, 3.05) is 0 Å². The van der Waals surface area contributed by atoms with Crippen molar-refractivity contribution in [3.05, 3.63) is 53.6 Å². The van der Waals surface area contributed by atoms with Gasteiger partial charge in [-0.1, -0.05) is 37.3 Å². The Morgan fingerprint density at radius 1 is 0.871 bits per heavy atom. The van der Waals surface area contributed by atoms with Crippen molar-refractivity contribution in [2.45, 2.75) is 53.0 Å². The maximum Gasteiger partial charge on any atom is 0.705 e. The monoisotopic (exact) mass is 444 g/mol. The highest BCUT2D eigenvalue weighted by Crippen LogP contribution is 2.30. The number of aromatic hydroxyl groups is 1. The molecule has 0 unspecified atom stereocenters. The summed E-state index contributed by atoms with van der Waals surface area (Å²) in [7, 11) is -3.87. The third kappa shape index (κ3) is 7.25. The molecule has 0 aliphatic carbocycles. The van der Waals surface area contributed by atoms with Gasteiger partial charge < -0.3 is 18.4 Å². The number of rotatable bonds is 9. The average Bonchev–Trinajstić information content (AvgIpc) is 2.66. The molecule has 0 atom stereocenters. The topological polar surface area (TPSA) is 99.1 Å². The molecule has 0 bridgehead atoms. The summed E-state index contributed by atoms with van der Waals surface area (Å²) in [5.41, 5.74) is 4.07. The molecule has 0 radical (unpaired) electrons. The second-order valence-electron chi connectivity index (χ2n) is 7.21. The fourth-order valence-electron chi connectivity index (χ4n) is 3.36. The molecule has 0 aliphatic heterocycles. The van der Waals surface area contributed by atoms with Crippen LogP contribution in [0.3, 0.4) is 0 Å². The van der Waals surface area contributed by atoms with E-state index in [-0.39, 0.29) is 11.8 Å². The zero-order valence-electron chi connectivity index (χ0n) is 18.3. The van der Waals surface area contributed by atoms with Gasteiger partial charge in [-0.15, -0.1) is 0 Å². The van der Waals surface area contributed by atoms with Gasteiger partial charge in [-0.2, -0.15) is 0 Å². The summed E-state index contributed by atoms with van der Waals surface area (Å²) in [6, 6.07) is 13.4. The van der Waals surface area contributed by atoms with Crippen molar-refractivity contribution in [3.63, 3.8) is 0 Å². The molecule has 1 N–H and O–H groups in total. The van der Waals surface area contributed by atoms with Gasteiger partial charge in [0.2, 0.25) is 0 Å². The number of hydrogen-bond acceptors (Lipinski definition) is 7. The van der Waals surface area contributed by atoms with Crippen LogP contribution in [0.2, 0.25) is 6.04 Å². The van der Waals surface area contributed by atoms with Crippen LogP contribution in [0.15, 0.2) is 42.5 Å². The molecular formula is C23H28O7Si. The molecule has 0 spiro atoms. The lowest BCUT2D eigenvalue weighted by molar-refractivity contribution is -0.147. The Bertz CT molecular complexity index is 897. The predicted octanol–water partition coefficient (Wildman–Crippen LogP) is 4.18. The van der Waals surface area contributed by atoms with Crippen molar-refractivity contribution >= 4 is 26.7 Å². The Morgan fingerprint density at radius 3 is 1.90 bits per heavy atom. The number of carbonyl (C=O) groups is 3. The standard InChI is InChI=1S/C23H28O7Si/c1-5-19-8-10-20(11-9-19)23-13-12-22(27)15-21(23)7-6-14-31(28-16(2)24,29-17(3)25)30-18(4)26/h8-13,15,27H,5-7,14H2,1-4H3. The Labute approximate surface area is 183 Å². The lowest BCUT2D eigenvalue weighted by Gasteiger charge is -2.26. The van der Waals surface area contributed by atoms with Gasteiger partial charge in [0.05, 0.1) is 6.04 Å². The first kappa shape index (κ1) is 24.1. The highest BCUT2D eigenvalue weighted by Gasteiger charge is 2.51. The van der Waals surface area contributed by atoms with Crippen LogP contribution in [0.25, 0.3) is 11.1 Å². The summed E-state index contributed by atoms with van der Waals surface area (Å²) in [4.78, 5) is 34.8. The molecule has 0 amide bonds. The van der Waals surface area contributed by atoms with Crippen molar-refractivity contribution in [1.82, 2.24) is 0 Å². The van der Waals surface area contributed by atoms with Gasteiger partial charge in [-0.3, -0.25) is 14.4 Å². The molecule has 8 heteroatoms. The molecule has 0 aromatic heterocycles. The van der Waals surface area contributed by atoms with Crippen molar-refractivity contribution in [1.29, 1.82) is 0 Å². The Balaban J connectivity index is 2.26. The van der Waals surface area contributed by atoms with Crippen LogP contribution >= 0.6 is 0 Å². The van der Waals surface area contributed by atoms with Crippen molar-refractivity contribution in [2.24, 2.45) is 0 Å². The molecule has 7 nitrogen and oxygen atoms in total. The fraction of sp³-hybridized carbons (Fsp3) is 0.348. The molecule has 0 saturated heterocycles. The molecule has 2 rings (SSSR count). The van der Waals surface area contributed by atoms with E-state index in [1.54, 1.807) is 12.1 Å². The Kier molecular flexibility index (Phi) is 8.38. The summed E-state index contributed by atoms with van der Waals surface area (Å²) in [6.45, 7) is 5.60. The van der Waals surface area contributed by atoms with E-state index >= 15 is 0 Å². The number of aryl methyl sites for hydroxylation is 2. The summed E-state index contributed by atoms with van der Waals surface area (Å²) in [5, 5.41) is 9.98. The number of phenols is 1. The molecule has 0 fully saturated rings. The smallest absolute Gasteiger partial charge is 0.508 e. The first-order valence-electron chi connectivity index (χ1n) is 10.1. The lowest BCUT2D eigenvalue weighted by atomic mass is 9.95. The minimum Gasteiger partial charge on any atom is -0.508 e. The van der Waals surface area contributed by atoms with Crippen LogP contribution in [0, 0.1) is 0 Å². The third-order valence-electron chi connectivity index (χ3n) is 4.59. The van der Waals surface area contributed by atoms with Gasteiger partial charge in [-0.05, 0) is 53.6 Å². The minimum atomic E-state index is -3.87. The molecular weight excluding hydrogens is 416 g/mol. The summed E-state index contributed by atoms with van der Waals surface area (Å²) >= 11 is 0. The van der Waals surface area contributed by atoms with E-state index in [1.165, 1.54) is 26.3 Å². The van der Waals surface area contributed by atoms with E-state index in [4.69, 9.17) is 13.3 Å². The van der Waals surface area contributed by atoms with Gasteiger partial charge in [0.15, 0.2) is 0 Å². The molecule has 2 aromatic rings. The average molecular weight is 445 g/mol. The zero-order valence-corrected chi connectivity index (χ0v) is 19.3. The zero-order chi connectivity index (χ0) is 23.0. The van der Waals surface area contributed by atoms with Crippen LogP contribution in [0.4, 0.5) is 0 Å². The first-order chi connectivity index (χ1) is 14.6. The van der Waals surface area contributed by atoms with Gasteiger partial charge in [0, 0.05) is 20.8 Å². The first-order valence-corrected chi connectivity index (χ1v) is 12.1. The Hall–Kier alpha value is -3.13. The van der Waals surface area contributed by atoms with E-state index < -0.39 is 26.7 Å². The van der Waals surface area contributed by atoms with E-state index in [0.29, 0.717) is 12.8 Å². The fourth-order valence-corrected chi connectivity index (χ4v) is 5.71. The van der Waals surface area contributed by atoms with E-state index in [9.17, 15) is 19.5 Å². The predicted molar refractivity (Wildman–Crippen MR) is 117 cm³/mol. The van der Waals surface area contributed by atoms with Gasteiger partial charge in [-0.25, -0.2) is 0 Å². The van der Waals surface area contributed by atoms with Crippen LogP contribution in [-0.2, 0) is 40.5 Å². The SMILES string of the molecule is CCc1ccc(-c2ccc(O)cc2CCC[Si](OC(C)=O)(OC(C)=O)OC(C)=O)cc1. The van der Waals surface area contributed by atoms with Crippen LogP contribution in [0.1, 0.15) is 45.2 Å². The van der Waals surface area contributed by atoms with Gasteiger partial charge >= 0.3 is 8.80 Å². The normalized spacial score (nSPS) is 11.0. The molecule has 0 heterocycles. The van der Waals surface area contributed by atoms with Crippen molar-refractivity contribution in [3.8, 4) is 16.9 Å². The molecule has 166 valence electrons. The maximum absolute atomic E-state index is 11.6. The second-order valence-corrected chi connectivity index (χ2v) is 9.69. The van der Waals surface area contributed by atoms with Crippen LogP contribution in [-0.4, -0.2) is 31.8 Å². The number of phenolic OH excluding ortho intramolecular Hbond substituents is 1.